The molecule has 0 atom stereocenters. The van der Waals surface area contributed by atoms with Crippen LogP contribution in [-0.2, 0) is 9.84 Å². The van der Waals surface area contributed by atoms with Crippen LogP contribution in [0.4, 0.5) is 15.8 Å². The molecule has 0 unspecified atom stereocenters. The van der Waals surface area contributed by atoms with Gasteiger partial charge in [-0.3, -0.25) is 4.98 Å². The zero-order valence-corrected chi connectivity index (χ0v) is 17.3. The van der Waals surface area contributed by atoms with E-state index in [2.05, 4.69) is 10.3 Å². The van der Waals surface area contributed by atoms with Gasteiger partial charge in [0.25, 0.3) is 0 Å². The van der Waals surface area contributed by atoms with Crippen molar-refractivity contribution in [1.29, 1.82) is 0 Å². The van der Waals surface area contributed by atoms with Crippen molar-refractivity contribution in [2.24, 2.45) is 0 Å². The van der Waals surface area contributed by atoms with Crippen molar-refractivity contribution in [2.75, 3.05) is 12.4 Å². The minimum absolute atomic E-state index is 0.0186. The summed E-state index contributed by atoms with van der Waals surface area (Å²) in [6, 6.07) is 16.7. The Hall–Kier alpha value is -3.16. The Morgan fingerprint density at radius 2 is 1.70 bits per heavy atom. The number of anilines is 2. The van der Waals surface area contributed by atoms with Crippen LogP contribution in [0.25, 0.3) is 10.9 Å². The van der Waals surface area contributed by atoms with Gasteiger partial charge in [-0.15, -0.1) is 0 Å². The quantitative estimate of drug-likeness (QED) is 0.435. The van der Waals surface area contributed by atoms with Crippen LogP contribution in [0.1, 0.15) is 0 Å². The van der Waals surface area contributed by atoms with Crippen LogP contribution in [0.3, 0.4) is 0 Å². The molecule has 30 heavy (non-hydrogen) atoms. The van der Waals surface area contributed by atoms with E-state index < -0.39 is 15.7 Å². The van der Waals surface area contributed by atoms with Crippen LogP contribution in [0.15, 0.2) is 82.7 Å². The van der Waals surface area contributed by atoms with E-state index in [9.17, 15) is 12.8 Å². The average Bonchev–Trinajstić information content (AvgIpc) is 2.75. The summed E-state index contributed by atoms with van der Waals surface area (Å²) in [6.45, 7) is 0. The summed E-state index contributed by atoms with van der Waals surface area (Å²) in [5.41, 5.74) is 1.43. The Morgan fingerprint density at radius 3 is 2.37 bits per heavy atom. The molecular weight excluding hydrogens is 427 g/mol. The summed E-state index contributed by atoms with van der Waals surface area (Å²) < 4.78 is 45.4. The molecule has 0 aliphatic rings. The number of sulfone groups is 1. The van der Waals surface area contributed by atoms with Crippen molar-refractivity contribution in [1.82, 2.24) is 4.98 Å². The smallest absolute Gasteiger partial charge is 0.210 e. The van der Waals surface area contributed by atoms with Crippen LogP contribution in [0.5, 0.6) is 5.75 Å². The molecule has 0 saturated heterocycles. The van der Waals surface area contributed by atoms with E-state index in [-0.39, 0.29) is 9.79 Å². The number of hydrogen-bond acceptors (Lipinski definition) is 5. The first-order chi connectivity index (χ1) is 14.4. The summed E-state index contributed by atoms with van der Waals surface area (Å²) >= 11 is 5.91. The second kappa shape index (κ2) is 7.93. The van der Waals surface area contributed by atoms with Crippen LogP contribution in [0, 0.1) is 5.82 Å². The zero-order chi connectivity index (χ0) is 21.3. The lowest BCUT2D eigenvalue weighted by molar-refractivity contribution is 0.415. The zero-order valence-electron chi connectivity index (χ0n) is 15.8. The van der Waals surface area contributed by atoms with E-state index in [1.54, 1.807) is 18.2 Å². The molecule has 0 spiro atoms. The number of methoxy groups -OCH3 is 1. The van der Waals surface area contributed by atoms with Gasteiger partial charge in [-0.2, -0.15) is 0 Å². The lowest BCUT2D eigenvalue weighted by Gasteiger charge is -2.16. The van der Waals surface area contributed by atoms with Crippen molar-refractivity contribution in [3.05, 3.63) is 83.8 Å². The molecule has 152 valence electrons. The minimum atomic E-state index is -3.92. The summed E-state index contributed by atoms with van der Waals surface area (Å²) in [5.74, 6) is 0.156. The van der Waals surface area contributed by atoms with Gasteiger partial charge in [0.2, 0.25) is 9.84 Å². The molecule has 0 aliphatic carbocycles. The predicted octanol–water partition coefficient (Wildman–Crippen LogP) is 5.61. The highest BCUT2D eigenvalue weighted by Gasteiger charge is 2.24. The molecule has 3 aromatic carbocycles. The lowest BCUT2D eigenvalue weighted by Crippen LogP contribution is -2.07. The third kappa shape index (κ3) is 3.81. The highest BCUT2D eigenvalue weighted by molar-refractivity contribution is 7.91. The first-order valence-corrected chi connectivity index (χ1v) is 10.7. The molecule has 5 nitrogen and oxygen atoms in total. The molecule has 0 saturated carbocycles. The van der Waals surface area contributed by atoms with Gasteiger partial charge in [-0.1, -0.05) is 11.6 Å². The molecule has 0 fully saturated rings. The number of nitrogens with zero attached hydrogens (tertiary/aromatic N) is 1. The number of nitrogens with one attached hydrogen (secondary N) is 1. The van der Waals surface area contributed by atoms with Crippen molar-refractivity contribution in [2.45, 2.75) is 9.79 Å². The number of pyridine rings is 1. The average molecular weight is 443 g/mol. The van der Waals surface area contributed by atoms with Gasteiger partial charge >= 0.3 is 0 Å². The number of rotatable bonds is 5. The number of ether oxygens (including phenoxy) is 1. The van der Waals surface area contributed by atoms with Gasteiger partial charge < -0.3 is 10.1 Å². The Morgan fingerprint density at radius 1 is 1.00 bits per heavy atom. The van der Waals surface area contributed by atoms with Crippen molar-refractivity contribution < 1.29 is 17.5 Å². The number of benzene rings is 3. The van der Waals surface area contributed by atoms with Crippen LogP contribution in [-0.4, -0.2) is 20.5 Å². The largest absolute Gasteiger partial charge is 0.497 e. The van der Waals surface area contributed by atoms with E-state index in [4.69, 9.17) is 16.3 Å². The molecule has 4 rings (SSSR count). The van der Waals surface area contributed by atoms with E-state index in [0.29, 0.717) is 33.0 Å². The highest BCUT2D eigenvalue weighted by atomic mass is 35.5. The lowest BCUT2D eigenvalue weighted by atomic mass is 10.1. The SMILES string of the molecule is COc1ccc2ncc(S(=O)(=O)c3ccc(Cl)cc3)c(Nc3ccc(F)cc3)c2c1. The van der Waals surface area contributed by atoms with Crippen molar-refractivity contribution in [3.8, 4) is 5.75 Å². The van der Waals surface area contributed by atoms with Gasteiger partial charge in [0.05, 0.1) is 23.2 Å². The molecular formula is C22H16ClFN2O3S. The maximum atomic E-state index is 13.4. The van der Waals surface area contributed by atoms with Crippen LogP contribution in [0.2, 0.25) is 5.02 Å². The maximum absolute atomic E-state index is 13.4. The van der Waals surface area contributed by atoms with Gasteiger partial charge in [-0.05, 0) is 66.7 Å². The molecule has 1 aromatic heterocycles. The molecule has 0 aliphatic heterocycles. The minimum Gasteiger partial charge on any atom is -0.497 e. The van der Waals surface area contributed by atoms with Gasteiger partial charge in [0.15, 0.2) is 0 Å². The van der Waals surface area contributed by atoms with Crippen LogP contribution >= 0.6 is 11.6 Å². The Bertz CT molecular complexity index is 1330. The second-order valence-corrected chi connectivity index (χ2v) is 8.82. The number of halogens is 2. The third-order valence-electron chi connectivity index (χ3n) is 4.57. The molecule has 1 heterocycles. The maximum Gasteiger partial charge on any atom is 0.210 e. The van der Waals surface area contributed by atoms with E-state index in [0.717, 1.165) is 0 Å². The molecule has 0 radical (unpaired) electrons. The summed E-state index contributed by atoms with van der Waals surface area (Å²) in [5, 5.41) is 4.09. The summed E-state index contributed by atoms with van der Waals surface area (Å²) in [4.78, 5) is 4.38. The Balaban J connectivity index is 1.96. The van der Waals surface area contributed by atoms with Crippen molar-refractivity contribution >= 4 is 43.7 Å². The van der Waals surface area contributed by atoms with Gasteiger partial charge in [0, 0.05) is 22.3 Å². The van der Waals surface area contributed by atoms with E-state index in [1.165, 1.54) is 61.8 Å². The fourth-order valence-corrected chi connectivity index (χ4v) is 4.53. The van der Waals surface area contributed by atoms with Crippen LogP contribution < -0.4 is 10.1 Å². The molecule has 4 aromatic rings. The molecule has 0 bridgehead atoms. The van der Waals surface area contributed by atoms with E-state index >= 15 is 0 Å². The normalized spacial score (nSPS) is 11.4. The van der Waals surface area contributed by atoms with Gasteiger partial charge in [-0.25, -0.2) is 12.8 Å². The molecule has 8 heteroatoms. The molecule has 1 N–H and O–H groups in total. The van der Waals surface area contributed by atoms with E-state index in [1.807, 2.05) is 0 Å². The molecule has 0 amide bonds. The standard InChI is InChI=1S/C22H16ClFN2O3S/c1-29-17-8-11-20-19(12-17)22(26-16-6-4-15(24)5-7-16)21(13-25-20)30(27,28)18-9-2-14(23)3-10-18/h2-13H,1H3,(H,25,26). The number of fused-ring (bicyclic) bond motifs is 1. The number of aromatic nitrogens is 1. The fraction of sp³-hybridized carbons (Fsp3) is 0.0455. The topological polar surface area (TPSA) is 68.3 Å². The summed E-state index contributed by atoms with van der Waals surface area (Å²) in [7, 11) is -2.40. The van der Waals surface area contributed by atoms with Gasteiger partial charge in [0.1, 0.15) is 16.5 Å². The Labute approximate surface area is 178 Å². The first kappa shape index (κ1) is 20.1. The highest BCUT2D eigenvalue weighted by Crippen LogP contribution is 2.36. The monoisotopic (exact) mass is 442 g/mol. The fourth-order valence-electron chi connectivity index (χ4n) is 3.03. The third-order valence-corrected chi connectivity index (χ3v) is 6.60. The second-order valence-electron chi connectivity index (χ2n) is 6.47. The predicted molar refractivity (Wildman–Crippen MR) is 115 cm³/mol. The first-order valence-electron chi connectivity index (χ1n) is 8.88. The Kier molecular flexibility index (Phi) is 5.32. The summed E-state index contributed by atoms with van der Waals surface area (Å²) in [6.07, 6.45) is 1.31. The number of hydrogen-bond donors (Lipinski definition) is 1. The van der Waals surface area contributed by atoms with Crippen molar-refractivity contribution in [3.63, 3.8) is 0 Å².